The molecule has 1 heteroatoms. The molecule has 0 fully saturated rings. The number of benzene rings is 1. The molecule has 0 spiro atoms. The lowest BCUT2D eigenvalue weighted by Gasteiger charge is -2.44. The van der Waals surface area contributed by atoms with Gasteiger partial charge in [-0.2, -0.15) is 0 Å². The standard InChI is InChI=1S/C22H31N/c1-6-7-8-9-18-13-16(3)21-19-12-15(2)10-11-22(19,5)17(4)23-20(21)14-18/h12-14,19H,6-11H2,1-5H3. The van der Waals surface area contributed by atoms with Gasteiger partial charge in [0.15, 0.2) is 0 Å². The highest BCUT2D eigenvalue weighted by atomic mass is 14.8. The topological polar surface area (TPSA) is 12.4 Å². The van der Waals surface area contributed by atoms with Gasteiger partial charge >= 0.3 is 0 Å². The molecule has 1 aromatic rings. The molecular weight excluding hydrogens is 278 g/mol. The smallest absolute Gasteiger partial charge is 0.0672 e. The zero-order valence-electron chi connectivity index (χ0n) is 15.5. The number of hydrogen-bond acceptors (Lipinski definition) is 1. The zero-order chi connectivity index (χ0) is 16.6. The summed E-state index contributed by atoms with van der Waals surface area (Å²) in [6.45, 7) is 11.5. The van der Waals surface area contributed by atoms with Crippen LogP contribution >= 0.6 is 0 Å². The van der Waals surface area contributed by atoms with Gasteiger partial charge in [0.2, 0.25) is 0 Å². The summed E-state index contributed by atoms with van der Waals surface area (Å²) in [7, 11) is 0. The van der Waals surface area contributed by atoms with E-state index in [1.807, 2.05) is 0 Å². The van der Waals surface area contributed by atoms with Crippen molar-refractivity contribution in [2.45, 2.75) is 79.1 Å². The molecule has 0 amide bonds. The van der Waals surface area contributed by atoms with Crippen LogP contribution in [0, 0.1) is 12.3 Å². The van der Waals surface area contributed by atoms with Gasteiger partial charge in [-0.25, -0.2) is 0 Å². The Morgan fingerprint density at radius 2 is 1.96 bits per heavy atom. The van der Waals surface area contributed by atoms with Gasteiger partial charge in [0.25, 0.3) is 0 Å². The Balaban J connectivity index is 2.04. The van der Waals surface area contributed by atoms with E-state index in [0.717, 1.165) is 0 Å². The summed E-state index contributed by atoms with van der Waals surface area (Å²) in [4.78, 5) is 5.06. The van der Waals surface area contributed by atoms with E-state index < -0.39 is 0 Å². The van der Waals surface area contributed by atoms with Gasteiger partial charge in [-0.15, -0.1) is 0 Å². The minimum Gasteiger partial charge on any atom is -0.257 e. The average molecular weight is 309 g/mol. The van der Waals surface area contributed by atoms with Crippen molar-refractivity contribution in [3.05, 3.63) is 40.5 Å². The quantitative estimate of drug-likeness (QED) is 0.435. The highest BCUT2D eigenvalue weighted by Crippen LogP contribution is 2.53. The second-order valence-electron chi connectivity index (χ2n) is 7.91. The summed E-state index contributed by atoms with van der Waals surface area (Å²) < 4.78 is 0. The molecule has 0 saturated heterocycles. The van der Waals surface area contributed by atoms with Crippen LogP contribution in [0.3, 0.4) is 0 Å². The lowest BCUT2D eigenvalue weighted by atomic mass is 9.62. The van der Waals surface area contributed by atoms with E-state index in [4.69, 9.17) is 4.99 Å². The van der Waals surface area contributed by atoms with E-state index in [-0.39, 0.29) is 5.41 Å². The molecule has 3 rings (SSSR count). The molecule has 0 saturated carbocycles. The maximum atomic E-state index is 5.06. The van der Waals surface area contributed by atoms with Crippen LogP contribution in [0.15, 0.2) is 28.8 Å². The first-order valence-corrected chi connectivity index (χ1v) is 9.32. The molecule has 1 aromatic carbocycles. The Hall–Kier alpha value is -1.37. The maximum absolute atomic E-state index is 5.06. The van der Waals surface area contributed by atoms with Crippen molar-refractivity contribution in [1.82, 2.24) is 0 Å². The van der Waals surface area contributed by atoms with Crippen LogP contribution in [0.1, 0.15) is 82.4 Å². The molecule has 1 aliphatic carbocycles. The number of unbranched alkanes of at least 4 members (excludes halogenated alkanes) is 2. The first-order chi connectivity index (χ1) is 11.0. The molecule has 2 aliphatic rings. The third-order valence-corrected chi connectivity index (χ3v) is 6.10. The monoisotopic (exact) mass is 309 g/mol. The molecule has 1 aliphatic heterocycles. The van der Waals surface area contributed by atoms with Crippen molar-refractivity contribution in [2.75, 3.05) is 0 Å². The molecule has 2 unspecified atom stereocenters. The van der Waals surface area contributed by atoms with Crippen molar-refractivity contribution in [3.8, 4) is 0 Å². The molecule has 124 valence electrons. The first kappa shape index (κ1) is 16.5. The van der Waals surface area contributed by atoms with Crippen LogP contribution in [0.4, 0.5) is 5.69 Å². The average Bonchev–Trinajstić information content (AvgIpc) is 2.49. The summed E-state index contributed by atoms with van der Waals surface area (Å²) in [5.41, 5.74) is 8.70. The first-order valence-electron chi connectivity index (χ1n) is 9.32. The number of aryl methyl sites for hydroxylation is 2. The summed E-state index contributed by atoms with van der Waals surface area (Å²) >= 11 is 0. The van der Waals surface area contributed by atoms with Crippen LogP contribution in [-0.2, 0) is 6.42 Å². The molecule has 0 radical (unpaired) electrons. The summed E-state index contributed by atoms with van der Waals surface area (Å²) in [5.74, 6) is 0.508. The largest absolute Gasteiger partial charge is 0.257 e. The van der Waals surface area contributed by atoms with Crippen molar-refractivity contribution in [3.63, 3.8) is 0 Å². The number of rotatable bonds is 4. The van der Waals surface area contributed by atoms with E-state index in [0.29, 0.717) is 5.92 Å². The van der Waals surface area contributed by atoms with E-state index in [1.54, 1.807) is 5.57 Å². The van der Waals surface area contributed by atoms with Gasteiger partial charge in [-0.1, -0.05) is 44.4 Å². The highest BCUT2D eigenvalue weighted by molar-refractivity contribution is 5.94. The van der Waals surface area contributed by atoms with Crippen molar-refractivity contribution in [2.24, 2.45) is 10.4 Å². The fraction of sp³-hybridized carbons (Fsp3) is 0.591. The lowest BCUT2D eigenvalue weighted by Crippen LogP contribution is -2.37. The Morgan fingerprint density at radius 3 is 2.70 bits per heavy atom. The Morgan fingerprint density at radius 1 is 1.17 bits per heavy atom. The molecule has 2 atom stereocenters. The number of hydrogen-bond donors (Lipinski definition) is 0. The van der Waals surface area contributed by atoms with Gasteiger partial charge in [0.05, 0.1) is 5.69 Å². The second kappa shape index (κ2) is 6.26. The van der Waals surface area contributed by atoms with Gasteiger partial charge in [0.1, 0.15) is 0 Å². The van der Waals surface area contributed by atoms with Crippen molar-refractivity contribution < 1.29 is 0 Å². The number of fused-ring (bicyclic) bond motifs is 3. The molecule has 0 aromatic heterocycles. The van der Waals surface area contributed by atoms with Crippen molar-refractivity contribution in [1.29, 1.82) is 0 Å². The van der Waals surface area contributed by atoms with Crippen LogP contribution in [0.2, 0.25) is 0 Å². The lowest BCUT2D eigenvalue weighted by molar-refractivity contribution is 0.358. The highest BCUT2D eigenvalue weighted by Gasteiger charge is 2.42. The van der Waals surface area contributed by atoms with Crippen LogP contribution < -0.4 is 0 Å². The van der Waals surface area contributed by atoms with Gasteiger partial charge in [-0.3, -0.25) is 4.99 Å². The number of aliphatic imine (C=N–C) groups is 1. The van der Waals surface area contributed by atoms with Gasteiger partial charge in [0, 0.05) is 17.0 Å². The van der Waals surface area contributed by atoms with E-state index >= 15 is 0 Å². The normalized spacial score (nSPS) is 26.2. The van der Waals surface area contributed by atoms with E-state index in [1.165, 1.54) is 66.6 Å². The van der Waals surface area contributed by atoms with Gasteiger partial charge in [-0.05, 0) is 69.2 Å². The van der Waals surface area contributed by atoms with Crippen LogP contribution in [0.25, 0.3) is 0 Å². The summed E-state index contributed by atoms with van der Waals surface area (Å²) in [5, 5.41) is 0. The molecule has 23 heavy (non-hydrogen) atoms. The third kappa shape index (κ3) is 2.91. The maximum Gasteiger partial charge on any atom is 0.0672 e. The number of allylic oxidation sites excluding steroid dienone is 2. The third-order valence-electron chi connectivity index (χ3n) is 6.10. The van der Waals surface area contributed by atoms with E-state index in [9.17, 15) is 0 Å². The van der Waals surface area contributed by atoms with Gasteiger partial charge < -0.3 is 0 Å². The van der Waals surface area contributed by atoms with Crippen molar-refractivity contribution >= 4 is 11.4 Å². The predicted molar refractivity (Wildman–Crippen MR) is 101 cm³/mol. The Bertz CT molecular complexity index is 665. The Labute approximate surface area is 141 Å². The molecule has 0 bridgehead atoms. The Kier molecular flexibility index (Phi) is 4.49. The summed E-state index contributed by atoms with van der Waals surface area (Å²) in [6.07, 6.45) is 10.0. The zero-order valence-corrected chi connectivity index (χ0v) is 15.5. The summed E-state index contributed by atoms with van der Waals surface area (Å²) in [6, 6.07) is 4.78. The molecule has 1 heterocycles. The molecule has 1 nitrogen and oxygen atoms in total. The molecule has 0 N–H and O–H groups in total. The number of nitrogens with zero attached hydrogens (tertiary/aromatic N) is 1. The molecular formula is C22H31N. The fourth-order valence-corrected chi connectivity index (χ4v) is 4.35. The van der Waals surface area contributed by atoms with E-state index in [2.05, 4.69) is 52.8 Å². The second-order valence-corrected chi connectivity index (χ2v) is 7.91. The fourth-order valence-electron chi connectivity index (χ4n) is 4.35. The SMILES string of the molecule is CCCCCc1cc(C)c2c(c1)N=C(C)C1(C)CCC(C)=CC21. The minimum absolute atomic E-state index is 0.209. The minimum atomic E-state index is 0.209. The predicted octanol–water partition coefficient (Wildman–Crippen LogP) is 6.66. The van der Waals surface area contributed by atoms with Crippen LogP contribution in [-0.4, -0.2) is 5.71 Å². The van der Waals surface area contributed by atoms with Crippen LogP contribution in [0.5, 0.6) is 0 Å².